The summed E-state index contributed by atoms with van der Waals surface area (Å²) >= 11 is 0. The number of halogens is 2. The van der Waals surface area contributed by atoms with Crippen LogP contribution in [-0.4, -0.2) is 10.2 Å². The number of hydrogen-bond donors (Lipinski definition) is 1. The lowest BCUT2D eigenvalue weighted by molar-refractivity contribution is 0.265. The Bertz CT molecular complexity index is 803. The molecule has 118 valence electrons. The SMILES string of the molecule is Cc1ccc(OCc2nnc(Nc3ccc(F)cc3F)o2)cc1. The lowest BCUT2D eigenvalue weighted by atomic mass is 10.2. The zero-order chi connectivity index (χ0) is 16.2. The van der Waals surface area contributed by atoms with Gasteiger partial charge in [-0.3, -0.25) is 0 Å². The Morgan fingerprint density at radius 3 is 2.61 bits per heavy atom. The van der Waals surface area contributed by atoms with Crippen LogP contribution in [0.1, 0.15) is 11.5 Å². The van der Waals surface area contributed by atoms with Crippen molar-refractivity contribution in [1.82, 2.24) is 10.2 Å². The number of hydrogen-bond acceptors (Lipinski definition) is 5. The molecular formula is C16H13F2N3O2. The summed E-state index contributed by atoms with van der Waals surface area (Å²) in [4.78, 5) is 0. The van der Waals surface area contributed by atoms with Gasteiger partial charge in [-0.05, 0) is 31.2 Å². The number of aromatic nitrogens is 2. The summed E-state index contributed by atoms with van der Waals surface area (Å²) in [5.41, 5.74) is 1.17. The molecule has 1 heterocycles. The van der Waals surface area contributed by atoms with E-state index in [1.807, 2.05) is 31.2 Å². The predicted octanol–water partition coefficient (Wildman–Crippen LogP) is 3.98. The van der Waals surface area contributed by atoms with Crippen molar-refractivity contribution >= 4 is 11.7 Å². The second kappa shape index (κ2) is 6.43. The smallest absolute Gasteiger partial charge is 0.320 e. The lowest BCUT2D eigenvalue weighted by Crippen LogP contribution is -1.95. The highest BCUT2D eigenvalue weighted by Gasteiger charge is 2.10. The Kier molecular flexibility index (Phi) is 4.18. The second-order valence-corrected chi connectivity index (χ2v) is 4.85. The molecule has 0 saturated carbocycles. The van der Waals surface area contributed by atoms with Crippen LogP contribution >= 0.6 is 0 Å². The number of nitrogens with one attached hydrogen (secondary N) is 1. The molecule has 3 aromatic rings. The molecule has 0 bridgehead atoms. The van der Waals surface area contributed by atoms with Gasteiger partial charge in [-0.1, -0.05) is 22.8 Å². The minimum absolute atomic E-state index is 0.00184. The average Bonchev–Trinajstić information content (AvgIpc) is 2.97. The maximum atomic E-state index is 13.5. The first-order valence-electron chi connectivity index (χ1n) is 6.84. The van der Waals surface area contributed by atoms with Crippen LogP contribution in [0.4, 0.5) is 20.5 Å². The van der Waals surface area contributed by atoms with Gasteiger partial charge in [0.25, 0.3) is 5.89 Å². The minimum atomic E-state index is -0.749. The van der Waals surface area contributed by atoms with Crippen LogP contribution < -0.4 is 10.1 Å². The van der Waals surface area contributed by atoms with E-state index in [4.69, 9.17) is 9.15 Å². The lowest BCUT2D eigenvalue weighted by Gasteiger charge is -2.03. The summed E-state index contributed by atoms with van der Waals surface area (Å²) in [6.45, 7) is 2.07. The van der Waals surface area contributed by atoms with E-state index in [2.05, 4.69) is 15.5 Å². The van der Waals surface area contributed by atoms with E-state index in [-0.39, 0.29) is 24.2 Å². The van der Waals surface area contributed by atoms with Crippen LogP contribution in [0.2, 0.25) is 0 Å². The van der Waals surface area contributed by atoms with Crippen molar-refractivity contribution in [3.05, 3.63) is 65.6 Å². The van der Waals surface area contributed by atoms with Crippen molar-refractivity contribution in [3.63, 3.8) is 0 Å². The van der Waals surface area contributed by atoms with Gasteiger partial charge in [0, 0.05) is 6.07 Å². The van der Waals surface area contributed by atoms with E-state index in [9.17, 15) is 8.78 Å². The highest BCUT2D eigenvalue weighted by Crippen LogP contribution is 2.20. The molecular weight excluding hydrogens is 304 g/mol. The van der Waals surface area contributed by atoms with Crippen LogP contribution in [0.3, 0.4) is 0 Å². The van der Waals surface area contributed by atoms with Gasteiger partial charge in [0.2, 0.25) is 0 Å². The first kappa shape index (κ1) is 15.0. The fraction of sp³-hybridized carbons (Fsp3) is 0.125. The van der Waals surface area contributed by atoms with Gasteiger partial charge in [-0.2, -0.15) is 0 Å². The van der Waals surface area contributed by atoms with E-state index in [1.54, 1.807) is 0 Å². The Morgan fingerprint density at radius 2 is 1.87 bits per heavy atom. The first-order valence-corrected chi connectivity index (χ1v) is 6.84. The Hall–Kier alpha value is -2.96. The topological polar surface area (TPSA) is 60.2 Å². The number of anilines is 2. The Morgan fingerprint density at radius 1 is 1.09 bits per heavy atom. The third kappa shape index (κ3) is 3.82. The van der Waals surface area contributed by atoms with Gasteiger partial charge in [0.05, 0.1) is 5.69 Å². The molecule has 0 amide bonds. The molecule has 0 aliphatic carbocycles. The summed E-state index contributed by atoms with van der Waals surface area (Å²) in [7, 11) is 0. The summed E-state index contributed by atoms with van der Waals surface area (Å²) < 4.78 is 37.2. The summed E-state index contributed by atoms with van der Waals surface area (Å²) in [5, 5.41) is 10.1. The summed E-state index contributed by atoms with van der Waals surface area (Å²) in [6, 6.07) is 10.6. The molecule has 0 saturated heterocycles. The number of benzene rings is 2. The third-order valence-electron chi connectivity index (χ3n) is 3.02. The Labute approximate surface area is 130 Å². The van der Waals surface area contributed by atoms with Gasteiger partial charge in [0.1, 0.15) is 17.4 Å². The molecule has 23 heavy (non-hydrogen) atoms. The molecule has 0 fully saturated rings. The van der Waals surface area contributed by atoms with Gasteiger partial charge in [-0.15, -0.1) is 5.10 Å². The van der Waals surface area contributed by atoms with E-state index in [0.717, 1.165) is 17.7 Å². The molecule has 7 heteroatoms. The molecule has 1 N–H and O–H groups in total. The van der Waals surface area contributed by atoms with E-state index in [0.29, 0.717) is 5.75 Å². The van der Waals surface area contributed by atoms with Crippen molar-refractivity contribution in [1.29, 1.82) is 0 Å². The number of rotatable bonds is 5. The zero-order valence-corrected chi connectivity index (χ0v) is 12.2. The highest BCUT2D eigenvalue weighted by atomic mass is 19.1. The molecule has 3 rings (SSSR count). The number of aryl methyl sites for hydroxylation is 1. The van der Waals surface area contributed by atoms with Gasteiger partial charge in [-0.25, -0.2) is 8.78 Å². The molecule has 0 unspecified atom stereocenters. The normalized spacial score (nSPS) is 10.6. The van der Waals surface area contributed by atoms with E-state index >= 15 is 0 Å². The van der Waals surface area contributed by atoms with Gasteiger partial charge < -0.3 is 14.5 Å². The fourth-order valence-electron chi connectivity index (χ4n) is 1.85. The largest absolute Gasteiger partial charge is 0.484 e. The Balaban J connectivity index is 1.62. The molecule has 0 aliphatic heterocycles. The van der Waals surface area contributed by atoms with E-state index in [1.165, 1.54) is 6.07 Å². The van der Waals surface area contributed by atoms with Crippen LogP contribution in [-0.2, 0) is 6.61 Å². The van der Waals surface area contributed by atoms with Crippen LogP contribution in [0.15, 0.2) is 46.9 Å². The minimum Gasteiger partial charge on any atom is -0.484 e. The summed E-state index contributed by atoms with van der Waals surface area (Å²) in [5.74, 6) is -0.505. The fourth-order valence-corrected chi connectivity index (χ4v) is 1.85. The van der Waals surface area contributed by atoms with Crippen LogP contribution in [0, 0.1) is 18.6 Å². The van der Waals surface area contributed by atoms with Crippen molar-refractivity contribution < 1.29 is 17.9 Å². The zero-order valence-electron chi connectivity index (χ0n) is 12.2. The van der Waals surface area contributed by atoms with Crippen molar-refractivity contribution in [2.24, 2.45) is 0 Å². The first-order chi connectivity index (χ1) is 11.1. The third-order valence-corrected chi connectivity index (χ3v) is 3.02. The van der Waals surface area contributed by atoms with Gasteiger partial charge in [0.15, 0.2) is 6.61 Å². The molecule has 0 spiro atoms. The highest BCUT2D eigenvalue weighted by molar-refractivity contribution is 5.52. The van der Waals surface area contributed by atoms with Crippen molar-refractivity contribution in [2.75, 3.05) is 5.32 Å². The standard InChI is InChI=1S/C16H13F2N3O2/c1-10-2-5-12(6-3-10)22-9-15-20-21-16(23-15)19-14-7-4-11(17)8-13(14)18/h2-8H,9H2,1H3,(H,19,21). The molecule has 0 radical (unpaired) electrons. The quantitative estimate of drug-likeness (QED) is 0.771. The molecule has 1 aromatic heterocycles. The number of ether oxygens (including phenoxy) is 1. The van der Waals surface area contributed by atoms with Gasteiger partial charge >= 0.3 is 6.01 Å². The monoisotopic (exact) mass is 317 g/mol. The number of nitrogens with zero attached hydrogens (tertiary/aromatic N) is 2. The van der Waals surface area contributed by atoms with Crippen LogP contribution in [0.25, 0.3) is 0 Å². The second-order valence-electron chi connectivity index (χ2n) is 4.85. The molecule has 2 aromatic carbocycles. The molecule has 0 aliphatic rings. The summed E-state index contributed by atoms with van der Waals surface area (Å²) in [6.07, 6.45) is 0. The predicted molar refractivity (Wildman–Crippen MR) is 79.4 cm³/mol. The average molecular weight is 317 g/mol. The maximum Gasteiger partial charge on any atom is 0.320 e. The van der Waals surface area contributed by atoms with Crippen molar-refractivity contribution in [2.45, 2.75) is 13.5 Å². The molecule has 0 atom stereocenters. The van der Waals surface area contributed by atoms with Crippen LogP contribution in [0.5, 0.6) is 5.75 Å². The molecule has 5 nitrogen and oxygen atoms in total. The van der Waals surface area contributed by atoms with E-state index < -0.39 is 11.6 Å². The maximum absolute atomic E-state index is 13.5. The van der Waals surface area contributed by atoms with Crippen molar-refractivity contribution in [3.8, 4) is 5.75 Å².